The highest BCUT2D eigenvalue weighted by molar-refractivity contribution is 7.14. The van der Waals surface area contributed by atoms with Crippen LogP contribution in [-0.2, 0) is 0 Å². The Bertz CT molecular complexity index is 422. The SMILES string of the molecule is Cc1nccc(-c2ncc(C)s2)n1. The zero-order valence-corrected chi connectivity index (χ0v) is 8.30. The molecule has 0 amide bonds. The van der Waals surface area contributed by atoms with E-state index >= 15 is 0 Å². The molecule has 0 aromatic carbocycles. The van der Waals surface area contributed by atoms with Crippen LogP contribution in [0.2, 0.25) is 0 Å². The van der Waals surface area contributed by atoms with Crippen LogP contribution in [0.15, 0.2) is 18.5 Å². The largest absolute Gasteiger partial charge is 0.243 e. The quantitative estimate of drug-likeness (QED) is 0.693. The molecular weight excluding hydrogens is 182 g/mol. The first kappa shape index (κ1) is 8.31. The van der Waals surface area contributed by atoms with Crippen LogP contribution in [0.5, 0.6) is 0 Å². The van der Waals surface area contributed by atoms with Crippen molar-refractivity contribution in [2.45, 2.75) is 13.8 Å². The standard InChI is InChI=1S/C9H9N3S/c1-6-5-11-9(13-6)8-3-4-10-7(2)12-8/h3-5H,1-2H3. The number of hydrogen-bond acceptors (Lipinski definition) is 4. The highest BCUT2D eigenvalue weighted by Gasteiger charge is 2.03. The van der Waals surface area contributed by atoms with Gasteiger partial charge in [-0.3, -0.25) is 0 Å². The Balaban J connectivity index is 2.46. The van der Waals surface area contributed by atoms with E-state index in [1.54, 1.807) is 17.5 Å². The van der Waals surface area contributed by atoms with E-state index in [9.17, 15) is 0 Å². The third-order valence-corrected chi connectivity index (χ3v) is 2.55. The third kappa shape index (κ3) is 1.72. The van der Waals surface area contributed by atoms with E-state index in [-0.39, 0.29) is 0 Å². The molecule has 4 heteroatoms. The summed E-state index contributed by atoms with van der Waals surface area (Å²) in [5, 5.41) is 0.961. The van der Waals surface area contributed by atoms with Gasteiger partial charge in [-0.25, -0.2) is 15.0 Å². The van der Waals surface area contributed by atoms with Crippen molar-refractivity contribution in [3.63, 3.8) is 0 Å². The van der Waals surface area contributed by atoms with E-state index in [4.69, 9.17) is 0 Å². The van der Waals surface area contributed by atoms with E-state index in [2.05, 4.69) is 15.0 Å². The van der Waals surface area contributed by atoms with Crippen LogP contribution in [-0.4, -0.2) is 15.0 Å². The maximum atomic E-state index is 4.29. The summed E-state index contributed by atoms with van der Waals surface area (Å²) in [6.45, 7) is 3.92. The van der Waals surface area contributed by atoms with E-state index in [0.717, 1.165) is 16.5 Å². The summed E-state index contributed by atoms with van der Waals surface area (Å²) in [6.07, 6.45) is 3.62. The minimum atomic E-state index is 0.783. The van der Waals surface area contributed by atoms with Crippen molar-refractivity contribution in [3.05, 3.63) is 29.2 Å². The second kappa shape index (κ2) is 3.22. The zero-order chi connectivity index (χ0) is 9.26. The molecule has 0 N–H and O–H groups in total. The van der Waals surface area contributed by atoms with Crippen molar-refractivity contribution >= 4 is 11.3 Å². The minimum absolute atomic E-state index is 0.783. The molecule has 0 aliphatic rings. The first-order valence-corrected chi connectivity index (χ1v) is 4.80. The van der Waals surface area contributed by atoms with Crippen molar-refractivity contribution < 1.29 is 0 Å². The predicted octanol–water partition coefficient (Wildman–Crippen LogP) is 2.22. The van der Waals surface area contributed by atoms with Crippen LogP contribution in [0.1, 0.15) is 10.7 Å². The van der Waals surface area contributed by atoms with Gasteiger partial charge in [-0.15, -0.1) is 11.3 Å². The summed E-state index contributed by atoms with van der Waals surface area (Å²) in [7, 11) is 0. The normalized spacial score (nSPS) is 10.3. The summed E-state index contributed by atoms with van der Waals surface area (Å²) in [4.78, 5) is 13.8. The number of thiazole rings is 1. The molecule has 2 heterocycles. The summed E-state index contributed by atoms with van der Waals surface area (Å²) < 4.78 is 0. The smallest absolute Gasteiger partial charge is 0.142 e. The van der Waals surface area contributed by atoms with Crippen LogP contribution in [0, 0.1) is 13.8 Å². The van der Waals surface area contributed by atoms with Gasteiger partial charge in [0.25, 0.3) is 0 Å². The van der Waals surface area contributed by atoms with E-state index < -0.39 is 0 Å². The lowest BCUT2D eigenvalue weighted by molar-refractivity contribution is 1.06. The molecule has 0 bridgehead atoms. The molecule has 0 fully saturated rings. The monoisotopic (exact) mass is 191 g/mol. The van der Waals surface area contributed by atoms with Crippen LogP contribution >= 0.6 is 11.3 Å². The Kier molecular flexibility index (Phi) is 2.06. The van der Waals surface area contributed by atoms with E-state index in [0.29, 0.717) is 0 Å². The second-order valence-electron chi connectivity index (χ2n) is 2.77. The molecule has 13 heavy (non-hydrogen) atoms. The van der Waals surface area contributed by atoms with Gasteiger partial charge in [0.2, 0.25) is 0 Å². The molecule has 0 saturated carbocycles. The average molecular weight is 191 g/mol. The maximum absolute atomic E-state index is 4.29. The van der Waals surface area contributed by atoms with Gasteiger partial charge in [0.1, 0.15) is 16.5 Å². The van der Waals surface area contributed by atoms with Crippen LogP contribution in [0.25, 0.3) is 10.7 Å². The highest BCUT2D eigenvalue weighted by Crippen LogP contribution is 2.21. The lowest BCUT2D eigenvalue weighted by Crippen LogP contribution is -1.88. The Morgan fingerprint density at radius 1 is 1.23 bits per heavy atom. The lowest BCUT2D eigenvalue weighted by Gasteiger charge is -1.94. The van der Waals surface area contributed by atoms with Gasteiger partial charge in [-0.1, -0.05) is 0 Å². The second-order valence-corrected chi connectivity index (χ2v) is 4.00. The van der Waals surface area contributed by atoms with Crippen molar-refractivity contribution in [1.29, 1.82) is 0 Å². The predicted molar refractivity (Wildman–Crippen MR) is 52.6 cm³/mol. The van der Waals surface area contributed by atoms with E-state index in [1.165, 1.54) is 4.88 Å². The third-order valence-electron chi connectivity index (χ3n) is 1.62. The first-order valence-electron chi connectivity index (χ1n) is 3.98. The topological polar surface area (TPSA) is 38.7 Å². The van der Waals surface area contributed by atoms with Crippen LogP contribution < -0.4 is 0 Å². The summed E-state index contributed by atoms with van der Waals surface area (Å²) in [5.74, 6) is 0.783. The van der Waals surface area contributed by atoms with Gasteiger partial charge in [0.15, 0.2) is 0 Å². The van der Waals surface area contributed by atoms with Gasteiger partial charge >= 0.3 is 0 Å². The fourth-order valence-electron chi connectivity index (χ4n) is 1.05. The zero-order valence-electron chi connectivity index (χ0n) is 7.48. The Morgan fingerprint density at radius 3 is 2.69 bits per heavy atom. The molecule has 2 aromatic rings. The highest BCUT2D eigenvalue weighted by atomic mass is 32.1. The lowest BCUT2D eigenvalue weighted by atomic mass is 10.4. The van der Waals surface area contributed by atoms with Crippen molar-refractivity contribution in [2.75, 3.05) is 0 Å². The Morgan fingerprint density at radius 2 is 2.08 bits per heavy atom. The number of aromatic nitrogens is 3. The van der Waals surface area contributed by atoms with Gasteiger partial charge < -0.3 is 0 Å². The maximum Gasteiger partial charge on any atom is 0.142 e. The van der Waals surface area contributed by atoms with Crippen LogP contribution in [0.3, 0.4) is 0 Å². The minimum Gasteiger partial charge on any atom is -0.243 e. The molecule has 0 saturated heterocycles. The van der Waals surface area contributed by atoms with Gasteiger partial charge in [0.05, 0.1) is 0 Å². The van der Waals surface area contributed by atoms with Gasteiger partial charge in [-0.2, -0.15) is 0 Å². The molecular formula is C9H9N3S. The molecule has 0 spiro atoms. The molecule has 2 aromatic heterocycles. The summed E-state index contributed by atoms with van der Waals surface area (Å²) in [5.41, 5.74) is 0.908. The molecule has 0 atom stereocenters. The molecule has 0 aliphatic heterocycles. The van der Waals surface area contributed by atoms with Gasteiger partial charge in [-0.05, 0) is 19.9 Å². The van der Waals surface area contributed by atoms with Crippen molar-refractivity contribution in [2.24, 2.45) is 0 Å². The molecule has 3 nitrogen and oxygen atoms in total. The summed E-state index contributed by atoms with van der Waals surface area (Å²) in [6, 6.07) is 1.88. The number of rotatable bonds is 1. The number of aryl methyl sites for hydroxylation is 2. The van der Waals surface area contributed by atoms with Gasteiger partial charge in [0, 0.05) is 17.3 Å². The first-order chi connectivity index (χ1) is 6.25. The molecule has 66 valence electrons. The molecule has 0 radical (unpaired) electrons. The van der Waals surface area contributed by atoms with Crippen molar-refractivity contribution in [3.8, 4) is 10.7 Å². The molecule has 0 aliphatic carbocycles. The number of nitrogens with zero attached hydrogens (tertiary/aromatic N) is 3. The van der Waals surface area contributed by atoms with E-state index in [1.807, 2.05) is 26.1 Å². The molecule has 2 rings (SSSR count). The number of hydrogen-bond donors (Lipinski definition) is 0. The fraction of sp³-hybridized carbons (Fsp3) is 0.222. The fourth-order valence-corrected chi connectivity index (χ4v) is 1.78. The average Bonchev–Trinajstić information content (AvgIpc) is 2.52. The summed E-state index contributed by atoms with van der Waals surface area (Å²) >= 11 is 1.65. The Labute approximate surface area is 80.5 Å². The van der Waals surface area contributed by atoms with Crippen LogP contribution in [0.4, 0.5) is 0 Å². The van der Waals surface area contributed by atoms with Crippen molar-refractivity contribution in [1.82, 2.24) is 15.0 Å². The Hall–Kier alpha value is -1.29. The molecule has 0 unspecified atom stereocenters.